The molecule has 0 radical (unpaired) electrons. The van der Waals surface area contributed by atoms with Gasteiger partial charge in [0.25, 0.3) is 0 Å². The molecule has 0 aliphatic carbocycles. The minimum absolute atomic E-state index is 0.131. The quantitative estimate of drug-likeness (QED) is 0.588. The van der Waals surface area contributed by atoms with Gasteiger partial charge in [0.1, 0.15) is 10.6 Å². The second kappa shape index (κ2) is 6.66. The van der Waals surface area contributed by atoms with E-state index in [9.17, 15) is 30.7 Å². The number of hydrogen-bond donors (Lipinski definition) is 0. The van der Waals surface area contributed by atoms with Crippen molar-refractivity contribution in [2.75, 3.05) is 0 Å². The van der Waals surface area contributed by atoms with E-state index in [1.807, 2.05) is 0 Å². The van der Waals surface area contributed by atoms with Gasteiger partial charge in [-0.1, -0.05) is 54.2 Å². The maximum Gasteiger partial charge on any atom is 0.441 e. The molecular formula is C17H9F7N2S. The van der Waals surface area contributed by atoms with E-state index in [1.54, 1.807) is 0 Å². The lowest BCUT2D eigenvalue weighted by Crippen LogP contribution is -2.46. The molecule has 0 saturated carbocycles. The number of rotatable bonds is 2. The van der Waals surface area contributed by atoms with Crippen LogP contribution in [0.4, 0.5) is 30.7 Å². The first-order chi connectivity index (χ1) is 12.5. The maximum absolute atomic E-state index is 13.8. The number of nitrogens with zero attached hydrogens (tertiary/aromatic N) is 2. The summed E-state index contributed by atoms with van der Waals surface area (Å²) in [6, 6.07) is 10.7. The van der Waals surface area contributed by atoms with Gasteiger partial charge in [0.2, 0.25) is 5.04 Å². The smallest absolute Gasteiger partial charge is 0.207 e. The maximum atomic E-state index is 13.8. The molecule has 0 amide bonds. The van der Waals surface area contributed by atoms with Crippen LogP contribution in [0.5, 0.6) is 0 Å². The zero-order valence-corrected chi connectivity index (χ0v) is 14.0. The fourth-order valence-corrected chi connectivity index (χ4v) is 3.93. The molecule has 0 bridgehead atoms. The van der Waals surface area contributed by atoms with Crippen molar-refractivity contribution in [3.63, 3.8) is 0 Å². The highest BCUT2D eigenvalue weighted by Gasteiger charge is 2.58. The van der Waals surface area contributed by atoms with Crippen molar-refractivity contribution >= 4 is 22.5 Å². The molecule has 2 aromatic carbocycles. The Morgan fingerprint density at radius 1 is 0.741 bits per heavy atom. The molecule has 1 unspecified atom stereocenters. The lowest BCUT2D eigenvalue weighted by molar-refractivity contribution is -0.0632. The summed E-state index contributed by atoms with van der Waals surface area (Å²) in [4.78, 5) is 0. The lowest BCUT2D eigenvalue weighted by atomic mass is 9.85. The molecule has 0 spiro atoms. The number of halogens is 7. The molecular weight excluding hydrogens is 397 g/mol. The standard InChI is InChI=1S/C17H9F7N2S/c18-12-8-4-7-11(9-12)15(10-5-2-1-3-6-10)13(16(19,20)21)25-26-14(27-15)17(22,23)24/h1-9H. The second-order valence-corrected chi connectivity index (χ2v) is 6.71. The van der Waals surface area contributed by atoms with Gasteiger partial charge in [0.15, 0.2) is 5.71 Å². The first kappa shape index (κ1) is 19.4. The Kier molecular flexibility index (Phi) is 4.79. The zero-order chi connectivity index (χ0) is 19.9. The third-order valence-electron chi connectivity index (χ3n) is 3.75. The van der Waals surface area contributed by atoms with Crippen molar-refractivity contribution in [3.8, 4) is 0 Å². The predicted molar refractivity (Wildman–Crippen MR) is 88.2 cm³/mol. The third kappa shape index (κ3) is 3.58. The van der Waals surface area contributed by atoms with E-state index < -0.39 is 33.7 Å². The number of thioether (sulfide) groups is 1. The van der Waals surface area contributed by atoms with Crippen LogP contribution < -0.4 is 0 Å². The highest BCUT2D eigenvalue weighted by atomic mass is 32.2. The molecule has 27 heavy (non-hydrogen) atoms. The largest absolute Gasteiger partial charge is 0.441 e. The minimum atomic E-state index is -5.10. The predicted octanol–water partition coefficient (Wildman–Crippen LogP) is 5.70. The average Bonchev–Trinajstić information content (AvgIpc) is 2.60. The van der Waals surface area contributed by atoms with Gasteiger partial charge in [-0.2, -0.15) is 26.3 Å². The fourth-order valence-electron chi connectivity index (χ4n) is 2.69. The van der Waals surface area contributed by atoms with E-state index in [1.165, 1.54) is 30.3 Å². The first-order valence-corrected chi connectivity index (χ1v) is 8.18. The molecule has 2 nitrogen and oxygen atoms in total. The summed E-state index contributed by atoms with van der Waals surface area (Å²) in [6.07, 6.45) is -10.1. The summed E-state index contributed by atoms with van der Waals surface area (Å²) >= 11 is -0.157. The Bertz CT molecular complexity index is 903. The van der Waals surface area contributed by atoms with Crippen LogP contribution in [0, 0.1) is 5.82 Å². The average molecular weight is 406 g/mol. The van der Waals surface area contributed by atoms with Crippen LogP contribution in [0.25, 0.3) is 0 Å². The monoisotopic (exact) mass is 406 g/mol. The summed E-state index contributed by atoms with van der Waals surface area (Å²) in [5, 5.41) is 4.09. The Hall–Kier alpha value is -2.36. The van der Waals surface area contributed by atoms with Gasteiger partial charge in [0.05, 0.1) is 0 Å². The molecule has 1 atom stereocenters. The van der Waals surface area contributed by atoms with Crippen LogP contribution in [-0.2, 0) is 4.75 Å². The van der Waals surface area contributed by atoms with E-state index in [-0.39, 0.29) is 22.9 Å². The van der Waals surface area contributed by atoms with Crippen LogP contribution in [0.1, 0.15) is 11.1 Å². The topological polar surface area (TPSA) is 24.7 Å². The molecule has 0 fully saturated rings. The second-order valence-electron chi connectivity index (χ2n) is 5.51. The van der Waals surface area contributed by atoms with E-state index in [4.69, 9.17) is 0 Å². The van der Waals surface area contributed by atoms with Crippen molar-refractivity contribution in [1.29, 1.82) is 0 Å². The van der Waals surface area contributed by atoms with Crippen molar-refractivity contribution < 1.29 is 30.7 Å². The van der Waals surface area contributed by atoms with Crippen LogP contribution in [0.2, 0.25) is 0 Å². The summed E-state index contributed by atoms with van der Waals surface area (Å²) in [7, 11) is 0. The Morgan fingerprint density at radius 2 is 1.37 bits per heavy atom. The molecule has 0 N–H and O–H groups in total. The van der Waals surface area contributed by atoms with E-state index in [2.05, 4.69) is 10.2 Å². The number of alkyl halides is 6. The molecule has 10 heteroatoms. The van der Waals surface area contributed by atoms with Gasteiger partial charge in [0, 0.05) is 0 Å². The van der Waals surface area contributed by atoms with Crippen LogP contribution >= 0.6 is 11.8 Å². The SMILES string of the molecule is Fc1cccc(C2(c3ccccc3)SC(C(F)(F)F)=NN=C2C(F)(F)F)c1. The van der Waals surface area contributed by atoms with Crippen molar-refractivity contribution in [2.45, 2.75) is 17.1 Å². The van der Waals surface area contributed by atoms with Crippen molar-refractivity contribution in [2.24, 2.45) is 10.2 Å². The van der Waals surface area contributed by atoms with Gasteiger partial charge >= 0.3 is 12.4 Å². The highest BCUT2D eigenvalue weighted by molar-refractivity contribution is 8.15. The molecule has 1 aliphatic heterocycles. The van der Waals surface area contributed by atoms with E-state index >= 15 is 0 Å². The first-order valence-electron chi connectivity index (χ1n) is 7.36. The van der Waals surface area contributed by atoms with Crippen LogP contribution in [0.15, 0.2) is 64.8 Å². The molecule has 0 saturated heterocycles. The summed E-state index contributed by atoms with van der Waals surface area (Å²) in [5.74, 6) is -0.888. The van der Waals surface area contributed by atoms with Gasteiger partial charge in [-0.15, -0.1) is 10.2 Å². The Morgan fingerprint density at radius 3 is 1.93 bits per heavy atom. The van der Waals surface area contributed by atoms with Gasteiger partial charge in [-0.25, -0.2) is 4.39 Å². The van der Waals surface area contributed by atoms with Gasteiger partial charge in [-0.05, 0) is 23.3 Å². The lowest BCUT2D eigenvalue weighted by Gasteiger charge is -2.37. The van der Waals surface area contributed by atoms with Crippen molar-refractivity contribution in [3.05, 3.63) is 71.5 Å². The van der Waals surface area contributed by atoms with Crippen molar-refractivity contribution in [1.82, 2.24) is 0 Å². The Balaban J connectivity index is 2.37. The molecule has 2 aromatic rings. The fraction of sp³-hybridized carbons (Fsp3) is 0.176. The van der Waals surface area contributed by atoms with Crippen LogP contribution in [-0.4, -0.2) is 23.1 Å². The molecule has 142 valence electrons. The summed E-state index contributed by atoms with van der Waals surface area (Å²) in [5.41, 5.74) is -2.02. The minimum Gasteiger partial charge on any atom is -0.207 e. The third-order valence-corrected chi connectivity index (χ3v) is 5.22. The number of hydrogen-bond acceptors (Lipinski definition) is 3. The Labute approximate surface area is 152 Å². The van der Waals surface area contributed by atoms with Gasteiger partial charge in [-0.3, -0.25) is 0 Å². The molecule has 0 aromatic heterocycles. The highest BCUT2D eigenvalue weighted by Crippen LogP contribution is 2.52. The zero-order valence-electron chi connectivity index (χ0n) is 13.1. The molecule has 3 rings (SSSR count). The summed E-state index contributed by atoms with van der Waals surface area (Å²) < 4.78 is 92.3. The van der Waals surface area contributed by atoms with E-state index in [0.29, 0.717) is 0 Å². The molecule has 1 aliphatic rings. The van der Waals surface area contributed by atoms with E-state index in [0.717, 1.165) is 24.3 Å². The van der Waals surface area contributed by atoms with Crippen LogP contribution in [0.3, 0.4) is 0 Å². The normalized spacial score (nSPS) is 20.9. The molecule has 1 heterocycles. The number of benzene rings is 2. The summed E-state index contributed by atoms with van der Waals surface area (Å²) in [6.45, 7) is 0. The van der Waals surface area contributed by atoms with Gasteiger partial charge < -0.3 is 0 Å².